The summed E-state index contributed by atoms with van der Waals surface area (Å²) in [6.45, 7) is 0.560. The summed E-state index contributed by atoms with van der Waals surface area (Å²) in [6, 6.07) is 0. The number of hydrogen-bond donors (Lipinski definition) is 3. The lowest BCUT2D eigenvalue weighted by molar-refractivity contribution is -0.136. The van der Waals surface area contributed by atoms with Crippen LogP contribution in [0.2, 0.25) is 0 Å². The Hall–Kier alpha value is -1.15. The van der Waals surface area contributed by atoms with Crippen LogP contribution >= 0.6 is 0 Å². The average Bonchev–Trinajstić information content (AvgIpc) is 2.12. The third kappa shape index (κ3) is 3.71. The van der Waals surface area contributed by atoms with Gasteiger partial charge in [0.1, 0.15) is 0 Å². The highest BCUT2D eigenvalue weighted by atomic mass is 32.2. The number of amides is 1. The molecule has 82 valence electrons. The van der Waals surface area contributed by atoms with Gasteiger partial charge >= 0.3 is 5.97 Å². The summed E-state index contributed by atoms with van der Waals surface area (Å²) in [7, 11) is -2.63. The van der Waals surface area contributed by atoms with E-state index >= 15 is 0 Å². The summed E-state index contributed by atoms with van der Waals surface area (Å²) >= 11 is 0. The summed E-state index contributed by atoms with van der Waals surface area (Å²) in [6.07, 6.45) is 0. The van der Waals surface area contributed by atoms with Crippen LogP contribution in [0.15, 0.2) is 0 Å². The fraction of sp³-hybridized carbons (Fsp3) is 0.667. The molecule has 0 aliphatic heterocycles. The minimum Gasteiger partial charge on any atom is -0.480 e. The van der Waals surface area contributed by atoms with Crippen LogP contribution in [-0.4, -0.2) is 44.2 Å². The van der Waals surface area contributed by atoms with Gasteiger partial charge in [-0.3, -0.25) is 9.59 Å². The second-order valence-corrected chi connectivity index (χ2v) is 4.61. The molecule has 0 saturated carbocycles. The van der Waals surface area contributed by atoms with Crippen LogP contribution < -0.4 is 10.0 Å². The summed E-state index contributed by atoms with van der Waals surface area (Å²) < 4.78 is 24.1. The number of carboxylic acids is 1. The number of sulfonamides is 1. The van der Waals surface area contributed by atoms with Crippen molar-refractivity contribution < 1.29 is 23.1 Å². The van der Waals surface area contributed by atoms with Crippen molar-refractivity contribution in [3.05, 3.63) is 0 Å². The van der Waals surface area contributed by atoms with Gasteiger partial charge in [0.15, 0.2) is 5.25 Å². The molecular weight excluding hydrogens is 212 g/mol. The Morgan fingerprint density at radius 1 is 1.43 bits per heavy atom. The zero-order valence-electron chi connectivity index (χ0n) is 7.77. The SMILES string of the molecule is CNC(=O)CNS(=O)(=O)C(C)C(=O)O. The van der Waals surface area contributed by atoms with E-state index in [0.29, 0.717) is 0 Å². The molecule has 0 heterocycles. The number of likely N-dealkylation sites (N-methyl/N-ethyl adjacent to an activating group) is 1. The number of carboxylic acid groups (broad SMARTS) is 1. The highest BCUT2D eigenvalue weighted by Gasteiger charge is 2.27. The Morgan fingerprint density at radius 2 is 1.93 bits per heavy atom. The third-order valence-corrected chi connectivity index (χ3v) is 3.21. The minimum atomic E-state index is -3.98. The number of carbonyl (C=O) groups is 2. The highest BCUT2D eigenvalue weighted by Crippen LogP contribution is 1.97. The van der Waals surface area contributed by atoms with E-state index in [1.807, 2.05) is 4.72 Å². The van der Waals surface area contributed by atoms with Gasteiger partial charge in [0.2, 0.25) is 15.9 Å². The number of nitrogens with one attached hydrogen (secondary N) is 2. The lowest BCUT2D eigenvalue weighted by Crippen LogP contribution is -2.42. The maximum atomic E-state index is 11.1. The van der Waals surface area contributed by atoms with Crippen LogP contribution in [0.1, 0.15) is 6.92 Å². The Bertz CT molecular complexity index is 323. The fourth-order valence-electron chi connectivity index (χ4n) is 0.512. The van der Waals surface area contributed by atoms with Gasteiger partial charge in [-0.15, -0.1) is 0 Å². The predicted octanol–water partition coefficient (Wildman–Crippen LogP) is -1.88. The molecule has 7 nitrogen and oxygen atoms in total. The van der Waals surface area contributed by atoms with Crippen molar-refractivity contribution in [2.45, 2.75) is 12.2 Å². The summed E-state index contributed by atoms with van der Waals surface area (Å²) in [4.78, 5) is 21.0. The topological polar surface area (TPSA) is 113 Å². The van der Waals surface area contributed by atoms with Crippen LogP contribution in [0.25, 0.3) is 0 Å². The fourth-order valence-corrected chi connectivity index (χ4v) is 1.36. The first-order valence-electron chi connectivity index (χ1n) is 3.73. The molecule has 0 radical (unpaired) electrons. The summed E-state index contributed by atoms with van der Waals surface area (Å²) in [5.74, 6) is -2.00. The second-order valence-electron chi connectivity index (χ2n) is 2.52. The first kappa shape index (κ1) is 12.8. The van der Waals surface area contributed by atoms with E-state index in [1.54, 1.807) is 0 Å². The largest absolute Gasteiger partial charge is 0.480 e. The quantitative estimate of drug-likeness (QED) is 0.506. The van der Waals surface area contributed by atoms with Gasteiger partial charge in [0, 0.05) is 7.05 Å². The second kappa shape index (κ2) is 4.91. The monoisotopic (exact) mass is 224 g/mol. The van der Waals surface area contributed by atoms with Gasteiger partial charge in [-0.2, -0.15) is 0 Å². The lowest BCUT2D eigenvalue weighted by atomic mass is 10.5. The molecule has 0 aromatic carbocycles. The van der Waals surface area contributed by atoms with Gasteiger partial charge in [-0.25, -0.2) is 13.1 Å². The van der Waals surface area contributed by atoms with Gasteiger partial charge in [0.25, 0.3) is 0 Å². The zero-order chi connectivity index (χ0) is 11.4. The van der Waals surface area contributed by atoms with Crippen molar-refractivity contribution >= 4 is 21.9 Å². The molecule has 1 amide bonds. The molecule has 1 atom stereocenters. The van der Waals surface area contributed by atoms with Crippen molar-refractivity contribution in [3.8, 4) is 0 Å². The van der Waals surface area contributed by atoms with Crippen molar-refractivity contribution in [1.82, 2.24) is 10.0 Å². The molecule has 1 unspecified atom stereocenters. The lowest BCUT2D eigenvalue weighted by Gasteiger charge is -2.08. The Balaban J connectivity index is 4.36. The first-order chi connectivity index (χ1) is 6.31. The number of carbonyl (C=O) groups excluding carboxylic acids is 1. The molecule has 0 fully saturated rings. The standard InChI is InChI=1S/C6H12N2O5S/c1-4(6(10)11)14(12,13)8-3-5(9)7-2/h4,8H,3H2,1-2H3,(H,7,9)(H,10,11). The normalized spacial score (nSPS) is 13.3. The van der Waals surface area contributed by atoms with E-state index in [9.17, 15) is 18.0 Å². The molecule has 0 aliphatic carbocycles. The molecule has 0 aliphatic rings. The number of rotatable bonds is 5. The maximum Gasteiger partial charge on any atom is 0.323 e. The highest BCUT2D eigenvalue weighted by molar-refractivity contribution is 7.90. The van der Waals surface area contributed by atoms with Crippen LogP contribution in [0.5, 0.6) is 0 Å². The van der Waals surface area contributed by atoms with Crippen LogP contribution in [0, 0.1) is 0 Å². The molecule has 8 heteroatoms. The minimum absolute atomic E-state index is 0.462. The van der Waals surface area contributed by atoms with Crippen LogP contribution in [0.4, 0.5) is 0 Å². The molecule has 0 aromatic rings. The van der Waals surface area contributed by atoms with E-state index in [0.717, 1.165) is 6.92 Å². The van der Waals surface area contributed by atoms with Crippen molar-refractivity contribution in [3.63, 3.8) is 0 Å². The van der Waals surface area contributed by atoms with Gasteiger partial charge in [-0.05, 0) is 6.92 Å². The van der Waals surface area contributed by atoms with Gasteiger partial charge in [0.05, 0.1) is 6.54 Å². The van der Waals surface area contributed by atoms with E-state index in [2.05, 4.69) is 5.32 Å². The molecule has 0 aromatic heterocycles. The Kier molecular flexibility index (Phi) is 4.51. The molecule has 14 heavy (non-hydrogen) atoms. The van der Waals surface area contributed by atoms with Crippen molar-refractivity contribution in [2.24, 2.45) is 0 Å². The van der Waals surface area contributed by atoms with E-state index in [4.69, 9.17) is 5.11 Å². The van der Waals surface area contributed by atoms with Crippen LogP contribution in [0.3, 0.4) is 0 Å². The Morgan fingerprint density at radius 3 is 2.29 bits per heavy atom. The van der Waals surface area contributed by atoms with Crippen molar-refractivity contribution in [1.29, 1.82) is 0 Å². The molecule has 0 bridgehead atoms. The molecular formula is C6H12N2O5S. The number of aliphatic carboxylic acids is 1. The zero-order valence-corrected chi connectivity index (χ0v) is 8.59. The van der Waals surface area contributed by atoms with E-state index < -0.39 is 33.7 Å². The van der Waals surface area contributed by atoms with E-state index in [-0.39, 0.29) is 0 Å². The summed E-state index contributed by atoms with van der Waals surface area (Å²) in [5.41, 5.74) is 0. The molecule has 3 N–H and O–H groups in total. The summed E-state index contributed by atoms with van der Waals surface area (Å²) in [5, 5.41) is 9.04. The van der Waals surface area contributed by atoms with Crippen molar-refractivity contribution in [2.75, 3.05) is 13.6 Å². The predicted molar refractivity (Wildman–Crippen MR) is 48.1 cm³/mol. The molecule has 0 rings (SSSR count). The average molecular weight is 224 g/mol. The third-order valence-electron chi connectivity index (χ3n) is 1.53. The van der Waals surface area contributed by atoms with Crippen LogP contribution in [-0.2, 0) is 19.6 Å². The smallest absolute Gasteiger partial charge is 0.323 e. The molecule has 0 saturated heterocycles. The number of hydrogen-bond acceptors (Lipinski definition) is 4. The maximum absolute atomic E-state index is 11.1. The molecule has 0 spiro atoms. The van der Waals surface area contributed by atoms with Gasteiger partial charge < -0.3 is 10.4 Å². The van der Waals surface area contributed by atoms with E-state index in [1.165, 1.54) is 7.05 Å². The first-order valence-corrected chi connectivity index (χ1v) is 5.27. The van der Waals surface area contributed by atoms with Gasteiger partial charge in [-0.1, -0.05) is 0 Å². The Labute approximate surface area is 81.5 Å².